The predicted molar refractivity (Wildman–Crippen MR) is 76.3 cm³/mol. The number of morpholine rings is 1. The van der Waals surface area contributed by atoms with Gasteiger partial charge in [-0.25, -0.2) is 9.48 Å². The number of anilines is 1. The number of ether oxygens (including phenoxy) is 2. The van der Waals surface area contributed by atoms with Gasteiger partial charge in [-0.1, -0.05) is 5.21 Å². The lowest BCUT2D eigenvalue weighted by molar-refractivity contribution is -0.121. The Morgan fingerprint density at radius 2 is 2.18 bits per heavy atom. The number of hydrogen-bond acceptors (Lipinski definition) is 7. The van der Waals surface area contributed by atoms with Gasteiger partial charge in [0, 0.05) is 26.2 Å². The fourth-order valence-corrected chi connectivity index (χ4v) is 1.97. The van der Waals surface area contributed by atoms with E-state index in [1.807, 2.05) is 0 Å². The van der Waals surface area contributed by atoms with Crippen LogP contribution in [-0.2, 0) is 20.8 Å². The molecule has 0 aliphatic carbocycles. The molecule has 1 fully saturated rings. The van der Waals surface area contributed by atoms with Gasteiger partial charge in [-0.3, -0.25) is 15.0 Å². The molecule has 0 saturated carbocycles. The molecule has 22 heavy (non-hydrogen) atoms. The van der Waals surface area contributed by atoms with Crippen LogP contribution in [0.25, 0.3) is 0 Å². The van der Waals surface area contributed by atoms with Gasteiger partial charge in [-0.15, -0.1) is 5.10 Å². The molecule has 10 nitrogen and oxygen atoms in total. The van der Waals surface area contributed by atoms with E-state index < -0.39 is 6.09 Å². The summed E-state index contributed by atoms with van der Waals surface area (Å²) >= 11 is 0. The molecule has 122 valence electrons. The minimum atomic E-state index is -0.637. The zero-order valence-electron chi connectivity index (χ0n) is 12.4. The summed E-state index contributed by atoms with van der Waals surface area (Å²) in [6.45, 7) is 4.66. The van der Waals surface area contributed by atoms with Crippen molar-refractivity contribution < 1.29 is 19.1 Å². The van der Waals surface area contributed by atoms with Crippen molar-refractivity contribution in [2.24, 2.45) is 0 Å². The van der Waals surface area contributed by atoms with E-state index in [0.717, 1.165) is 32.8 Å². The second-order valence-corrected chi connectivity index (χ2v) is 4.72. The van der Waals surface area contributed by atoms with E-state index in [0.29, 0.717) is 6.54 Å². The fraction of sp³-hybridized carbons (Fsp3) is 0.667. The monoisotopic (exact) mass is 312 g/mol. The number of carbonyl (C=O) groups excluding carboxylic acids is 2. The maximum atomic E-state index is 11.8. The summed E-state index contributed by atoms with van der Waals surface area (Å²) in [5.74, 6) is 0.0655. The van der Waals surface area contributed by atoms with Crippen LogP contribution in [-0.4, -0.2) is 78.4 Å². The Morgan fingerprint density at radius 1 is 1.41 bits per heavy atom. The smallest absolute Gasteiger partial charge is 0.412 e. The Morgan fingerprint density at radius 3 is 2.91 bits per heavy atom. The quantitative estimate of drug-likeness (QED) is 0.686. The lowest BCUT2D eigenvalue weighted by atomic mass is 10.4. The first kappa shape index (κ1) is 16.2. The van der Waals surface area contributed by atoms with E-state index in [1.54, 1.807) is 0 Å². The maximum Gasteiger partial charge on any atom is 0.412 e. The SMILES string of the molecule is COC(=O)Nc1cn(CC(=O)NCCN2CCOCC2)nn1. The summed E-state index contributed by atoms with van der Waals surface area (Å²) in [4.78, 5) is 25.0. The van der Waals surface area contributed by atoms with Crippen LogP contribution in [0.5, 0.6) is 0 Å². The van der Waals surface area contributed by atoms with Crippen molar-refractivity contribution in [2.75, 3.05) is 51.8 Å². The van der Waals surface area contributed by atoms with Gasteiger partial charge in [0.15, 0.2) is 5.82 Å². The second-order valence-electron chi connectivity index (χ2n) is 4.72. The number of amides is 2. The van der Waals surface area contributed by atoms with Crippen LogP contribution in [0, 0.1) is 0 Å². The Bertz CT molecular complexity index is 500. The van der Waals surface area contributed by atoms with Gasteiger partial charge in [0.2, 0.25) is 5.91 Å². The van der Waals surface area contributed by atoms with E-state index in [9.17, 15) is 9.59 Å². The topological polar surface area (TPSA) is 111 Å². The van der Waals surface area contributed by atoms with Gasteiger partial charge in [0.1, 0.15) is 6.54 Å². The Kier molecular flexibility index (Phi) is 6.10. The average molecular weight is 312 g/mol. The lowest BCUT2D eigenvalue weighted by Crippen LogP contribution is -2.41. The number of carbonyl (C=O) groups is 2. The van der Waals surface area contributed by atoms with E-state index in [-0.39, 0.29) is 18.3 Å². The van der Waals surface area contributed by atoms with Crippen LogP contribution in [0.15, 0.2) is 6.20 Å². The predicted octanol–water partition coefficient (Wildman–Crippen LogP) is -1.10. The first-order valence-corrected chi connectivity index (χ1v) is 6.99. The first-order valence-electron chi connectivity index (χ1n) is 6.99. The molecule has 0 unspecified atom stereocenters. The zero-order valence-corrected chi connectivity index (χ0v) is 12.4. The molecule has 0 atom stereocenters. The highest BCUT2D eigenvalue weighted by Crippen LogP contribution is 2.00. The molecule has 1 aliphatic rings. The summed E-state index contributed by atoms with van der Waals surface area (Å²) in [6.07, 6.45) is 0.820. The van der Waals surface area contributed by atoms with Crippen molar-refractivity contribution in [3.63, 3.8) is 0 Å². The number of nitrogens with zero attached hydrogens (tertiary/aromatic N) is 4. The third-order valence-corrected chi connectivity index (χ3v) is 3.11. The molecule has 2 rings (SSSR count). The molecule has 0 spiro atoms. The Hall–Kier alpha value is -2.20. The highest BCUT2D eigenvalue weighted by atomic mass is 16.5. The van der Waals surface area contributed by atoms with Crippen LogP contribution in [0.2, 0.25) is 0 Å². The molecule has 0 radical (unpaired) electrons. The van der Waals surface area contributed by atoms with Gasteiger partial charge < -0.3 is 14.8 Å². The third kappa shape index (κ3) is 5.30. The Balaban J connectivity index is 1.67. The molecule has 1 aromatic rings. The number of rotatable bonds is 6. The van der Waals surface area contributed by atoms with Crippen LogP contribution in [0.4, 0.5) is 10.6 Å². The molecule has 2 amide bonds. The number of nitrogens with one attached hydrogen (secondary N) is 2. The van der Waals surface area contributed by atoms with E-state index in [2.05, 4.69) is 30.6 Å². The summed E-state index contributed by atoms with van der Waals surface area (Å²) in [5.41, 5.74) is 0. The molecule has 1 saturated heterocycles. The first-order chi connectivity index (χ1) is 10.7. The van der Waals surface area contributed by atoms with Gasteiger partial charge in [-0.2, -0.15) is 0 Å². The van der Waals surface area contributed by atoms with E-state index in [1.165, 1.54) is 18.0 Å². The highest BCUT2D eigenvalue weighted by molar-refractivity contribution is 5.82. The standard InChI is InChI=1S/C12H20N6O4/c1-21-12(20)14-10-8-18(16-15-10)9-11(19)13-2-3-17-4-6-22-7-5-17/h8H,2-7,9H2,1H3,(H,13,19)(H,14,20). The van der Waals surface area contributed by atoms with Crippen LogP contribution >= 0.6 is 0 Å². The summed E-state index contributed by atoms with van der Waals surface area (Å²) in [7, 11) is 1.25. The molecular weight excluding hydrogens is 292 g/mol. The van der Waals surface area contributed by atoms with Gasteiger partial charge >= 0.3 is 6.09 Å². The van der Waals surface area contributed by atoms with Crippen molar-refractivity contribution in [2.45, 2.75) is 6.54 Å². The normalized spacial score (nSPS) is 15.3. The minimum absolute atomic E-state index is 0.0406. The zero-order chi connectivity index (χ0) is 15.8. The molecule has 2 heterocycles. The van der Waals surface area contributed by atoms with Crippen LogP contribution in [0.3, 0.4) is 0 Å². The highest BCUT2D eigenvalue weighted by Gasteiger charge is 2.11. The van der Waals surface area contributed by atoms with Gasteiger partial charge in [-0.05, 0) is 0 Å². The molecule has 0 aromatic carbocycles. The van der Waals surface area contributed by atoms with Crippen molar-refractivity contribution in [1.82, 2.24) is 25.2 Å². The number of methoxy groups -OCH3 is 1. The van der Waals surface area contributed by atoms with Crippen molar-refractivity contribution in [3.05, 3.63) is 6.20 Å². The minimum Gasteiger partial charge on any atom is -0.453 e. The summed E-state index contributed by atoms with van der Waals surface area (Å²) < 4.78 is 11.0. The second kappa shape index (κ2) is 8.29. The van der Waals surface area contributed by atoms with Crippen molar-refractivity contribution >= 4 is 17.8 Å². The van der Waals surface area contributed by atoms with Crippen LogP contribution < -0.4 is 10.6 Å². The maximum absolute atomic E-state index is 11.8. The fourth-order valence-electron chi connectivity index (χ4n) is 1.97. The van der Waals surface area contributed by atoms with Crippen LogP contribution in [0.1, 0.15) is 0 Å². The van der Waals surface area contributed by atoms with Crippen molar-refractivity contribution in [1.29, 1.82) is 0 Å². The van der Waals surface area contributed by atoms with E-state index >= 15 is 0 Å². The molecule has 2 N–H and O–H groups in total. The number of aromatic nitrogens is 3. The third-order valence-electron chi connectivity index (χ3n) is 3.11. The van der Waals surface area contributed by atoms with Gasteiger partial charge in [0.25, 0.3) is 0 Å². The lowest BCUT2D eigenvalue weighted by Gasteiger charge is -2.26. The Labute approximate surface area is 127 Å². The van der Waals surface area contributed by atoms with Gasteiger partial charge in [0.05, 0.1) is 26.5 Å². The molecule has 1 aliphatic heterocycles. The molecular formula is C12H20N6O4. The molecule has 0 bridgehead atoms. The average Bonchev–Trinajstić information content (AvgIpc) is 2.95. The van der Waals surface area contributed by atoms with Crippen molar-refractivity contribution in [3.8, 4) is 0 Å². The summed E-state index contributed by atoms with van der Waals surface area (Å²) in [5, 5.41) is 12.6. The molecule has 10 heteroatoms. The number of hydrogen-bond donors (Lipinski definition) is 2. The molecule has 1 aromatic heterocycles. The summed E-state index contributed by atoms with van der Waals surface area (Å²) in [6, 6.07) is 0. The van der Waals surface area contributed by atoms with E-state index in [4.69, 9.17) is 4.74 Å². The largest absolute Gasteiger partial charge is 0.453 e.